The van der Waals surface area contributed by atoms with Crippen LogP contribution < -0.4 is 10.2 Å². The molecule has 1 N–H and O–H groups in total. The highest BCUT2D eigenvalue weighted by Crippen LogP contribution is 2.32. The maximum atomic E-state index is 12.9. The molecule has 4 heterocycles. The predicted molar refractivity (Wildman–Crippen MR) is 129 cm³/mol. The first-order valence-corrected chi connectivity index (χ1v) is 12.1. The third-order valence-electron chi connectivity index (χ3n) is 6.84. The van der Waals surface area contributed by atoms with E-state index in [9.17, 15) is 9.59 Å². The molecule has 0 radical (unpaired) electrons. The van der Waals surface area contributed by atoms with Crippen LogP contribution in [0.25, 0.3) is 0 Å². The summed E-state index contributed by atoms with van der Waals surface area (Å²) in [7, 11) is 3.49. The Morgan fingerprint density at radius 1 is 1.12 bits per heavy atom. The monoisotopic (exact) mass is 484 g/mol. The fraction of sp³-hybridized carbons (Fsp3) is 0.500. The van der Waals surface area contributed by atoms with Crippen molar-refractivity contribution >= 4 is 35.2 Å². The summed E-state index contributed by atoms with van der Waals surface area (Å²) < 4.78 is 5.88. The number of hydrogen-bond acceptors (Lipinski definition) is 7. The zero-order chi connectivity index (χ0) is 23.8. The number of nitrogens with one attached hydrogen (secondary N) is 1. The fourth-order valence-electron chi connectivity index (χ4n) is 4.84. The van der Waals surface area contributed by atoms with E-state index in [2.05, 4.69) is 20.2 Å². The van der Waals surface area contributed by atoms with Crippen LogP contribution in [0.3, 0.4) is 0 Å². The number of fused-ring (bicyclic) bond motifs is 1. The Bertz CT molecular complexity index is 1080. The average molecular weight is 485 g/mol. The van der Waals surface area contributed by atoms with Crippen molar-refractivity contribution in [2.45, 2.75) is 37.8 Å². The number of hydrogen-bond donors (Lipinski definition) is 1. The Morgan fingerprint density at radius 2 is 1.91 bits per heavy atom. The molecule has 4 aliphatic rings. The van der Waals surface area contributed by atoms with Crippen molar-refractivity contribution in [3.63, 3.8) is 0 Å². The van der Waals surface area contributed by atoms with Gasteiger partial charge in [-0.05, 0) is 31.4 Å². The first-order valence-electron chi connectivity index (χ1n) is 11.8. The van der Waals surface area contributed by atoms with E-state index in [1.807, 2.05) is 24.3 Å². The normalized spacial score (nSPS) is 26.9. The molecular formula is C24H29ClN6O3. The number of likely N-dealkylation sites (tertiary alicyclic amines) is 1. The van der Waals surface area contributed by atoms with Crippen LogP contribution in [0.5, 0.6) is 0 Å². The molecule has 2 unspecified atom stereocenters. The van der Waals surface area contributed by atoms with Gasteiger partial charge in [0.15, 0.2) is 17.7 Å². The van der Waals surface area contributed by atoms with Crippen LogP contribution in [-0.2, 0) is 14.3 Å². The SMILES string of the molecule is CN1CC[C@H](OC2=CC3C=C(Nc4nc(N5CCCCC5)ncc4Cl)C=CC3N(C)C2=O)C1=O. The molecule has 0 bridgehead atoms. The third-order valence-corrected chi connectivity index (χ3v) is 7.12. The van der Waals surface area contributed by atoms with Crippen LogP contribution >= 0.6 is 11.6 Å². The van der Waals surface area contributed by atoms with E-state index in [-0.39, 0.29) is 29.5 Å². The summed E-state index contributed by atoms with van der Waals surface area (Å²) in [5, 5.41) is 3.76. The number of anilines is 2. The van der Waals surface area contributed by atoms with Gasteiger partial charge in [-0.3, -0.25) is 9.59 Å². The molecule has 0 aromatic carbocycles. The van der Waals surface area contributed by atoms with E-state index in [4.69, 9.17) is 16.3 Å². The largest absolute Gasteiger partial charge is 0.475 e. The molecule has 1 aliphatic carbocycles. The van der Waals surface area contributed by atoms with Crippen molar-refractivity contribution < 1.29 is 14.3 Å². The van der Waals surface area contributed by atoms with Crippen molar-refractivity contribution in [2.75, 3.05) is 43.9 Å². The topological polar surface area (TPSA) is 90.9 Å². The average Bonchev–Trinajstić information content (AvgIpc) is 3.16. The fourth-order valence-corrected chi connectivity index (χ4v) is 4.97. The summed E-state index contributed by atoms with van der Waals surface area (Å²) in [6.07, 6.45) is 12.8. The Hall–Kier alpha value is -3.07. The van der Waals surface area contributed by atoms with Crippen LogP contribution in [0.1, 0.15) is 25.7 Å². The number of nitrogens with zero attached hydrogens (tertiary/aromatic N) is 5. The number of likely N-dealkylation sites (N-methyl/N-ethyl adjacent to an activating group) is 2. The molecular weight excluding hydrogens is 456 g/mol. The van der Waals surface area contributed by atoms with Crippen molar-refractivity contribution in [1.29, 1.82) is 0 Å². The van der Waals surface area contributed by atoms with Crippen LogP contribution in [0.2, 0.25) is 5.02 Å². The summed E-state index contributed by atoms with van der Waals surface area (Å²) in [6, 6.07) is -0.128. The van der Waals surface area contributed by atoms with Crippen molar-refractivity contribution in [3.05, 3.63) is 47.0 Å². The van der Waals surface area contributed by atoms with Gasteiger partial charge in [0.25, 0.3) is 11.8 Å². The van der Waals surface area contributed by atoms with E-state index in [1.54, 1.807) is 30.1 Å². The number of carbonyl (C=O) groups is 2. The van der Waals surface area contributed by atoms with Gasteiger partial charge < -0.3 is 24.8 Å². The minimum Gasteiger partial charge on any atom is -0.475 e. The molecule has 5 rings (SSSR count). The van der Waals surface area contributed by atoms with Crippen LogP contribution in [0.4, 0.5) is 11.8 Å². The molecule has 9 nitrogen and oxygen atoms in total. The summed E-state index contributed by atoms with van der Waals surface area (Å²) in [6.45, 7) is 2.52. The highest BCUT2D eigenvalue weighted by Gasteiger charge is 2.38. The number of amides is 2. The summed E-state index contributed by atoms with van der Waals surface area (Å²) in [5.74, 6) is 1.02. The van der Waals surface area contributed by atoms with Crippen LogP contribution in [-0.4, -0.2) is 77.5 Å². The number of ether oxygens (including phenoxy) is 1. The Kier molecular flexibility index (Phi) is 6.20. The van der Waals surface area contributed by atoms with Crippen molar-refractivity contribution in [2.24, 2.45) is 5.92 Å². The molecule has 1 aromatic heterocycles. The standard InChI is InChI=1S/C24H29ClN6O3/c1-29-11-8-19(22(29)32)34-20-13-15-12-16(6-7-18(15)30(2)23(20)33)27-21-17(25)14-26-24(28-21)31-9-4-3-5-10-31/h6-7,12-15,18-19H,3-5,8-11H2,1-2H3,(H,26,27,28)/t15?,18?,19-/m0/s1. The summed E-state index contributed by atoms with van der Waals surface area (Å²) >= 11 is 6.40. The van der Waals surface area contributed by atoms with E-state index in [0.29, 0.717) is 29.8 Å². The van der Waals surface area contributed by atoms with Crippen LogP contribution in [0.15, 0.2) is 42.0 Å². The minimum absolute atomic E-state index is 0.0946. The minimum atomic E-state index is -0.612. The summed E-state index contributed by atoms with van der Waals surface area (Å²) in [5.41, 5.74) is 0.821. The lowest BCUT2D eigenvalue weighted by Crippen LogP contribution is -2.46. The third kappa shape index (κ3) is 4.36. The first-order chi connectivity index (χ1) is 16.4. The zero-order valence-electron chi connectivity index (χ0n) is 19.4. The second-order valence-electron chi connectivity index (χ2n) is 9.19. The molecule has 2 saturated heterocycles. The zero-order valence-corrected chi connectivity index (χ0v) is 20.2. The quantitative estimate of drug-likeness (QED) is 0.686. The van der Waals surface area contributed by atoms with Gasteiger partial charge in [-0.15, -0.1) is 0 Å². The number of carbonyl (C=O) groups excluding carboxylic acids is 2. The number of aromatic nitrogens is 2. The highest BCUT2D eigenvalue weighted by molar-refractivity contribution is 6.32. The van der Waals surface area contributed by atoms with Gasteiger partial charge in [-0.2, -0.15) is 4.98 Å². The predicted octanol–water partition coefficient (Wildman–Crippen LogP) is 2.57. The van der Waals surface area contributed by atoms with Gasteiger partial charge in [0.2, 0.25) is 5.95 Å². The van der Waals surface area contributed by atoms with E-state index in [0.717, 1.165) is 31.6 Å². The van der Waals surface area contributed by atoms with Gasteiger partial charge in [0.1, 0.15) is 5.02 Å². The summed E-state index contributed by atoms with van der Waals surface area (Å²) in [4.78, 5) is 39.7. The lowest BCUT2D eigenvalue weighted by Gasteiger charge is -2.37. The molecule has 180 valence electrons. The van der Waals surface area contributed by atoms with E-state index < -0.39 is 6.10 Å². The van der Waals surface area contributed by atoms with E-state index >= 15 is 0 Å². The Labute approximate surface area is 204 Å². The van der Waals surface area contributed by atoms with Crippen molar-refractivity contribution in [3.8, 4) is 0 Å². The lowest BCUT2D eigenvalue weighted by molar-refractivity contribution is -0.139. The maximum absolute atomic E-state index is 12.9. The number of halogens is 1. The molecule has 2 amide bonds. The van der Waals surface area contributed by atoms with E-state index in [1.165, 1.54) is 6.42 Å². The molecule has 10 heteroatoms. The van der Waals surface area contributed by atoms with Crippen LogP contribution in [0, 0.1) is 5.92 Å². The van der Waals surface area contributed by atoms with Gasteiger partial charge >= 0.3 is 0 Å². The number of rotatable bonds is 5. The Balaban J connectivity index is 1.35. The van der Waals surface area contributed by atoms with Gasteiger partial charge in [-0.25, -0.2) is 4.98 Å². The molecule has 2 fully saturated rings. The number of allylic oxidation sites excluding steroid dienone is 1. The molecule has 0 saturated carbocycles. The molecule has 3 atom stereocenters. The maximum Gasteiger partial charge on any atom is 0.288 e. The molecule has 34 heavy (non-hydrogen) atoms. The molecule has 0 spiro atoms. The number of piperidine rings is 1. The highest BCUT2D eigenvalue weighted by atomic mass is 35.5. The van der Waals surface area contributed by atoms with Crippen molar-refractivity contribution in [1.82, 2.24) is 19.8 Å². The Morgan fingerprint density at radius 3 is 2.65 bits per heavy atom. The first kappa shape index (κ1) is 22.7. The molecule has 3 aliphatic heterocycles. The lowest BCUT2D eigenvalue weighted by atomic mass is 9.89. The smallest absolute Gasteiger partial charge is 0.288 e. The van der Waals surface area contributed by atoms with Gasteiger partial charge in [0, 0.05) is 51.8 Å². The van der Waals surface area contributed by atoms with Gasteiger partial charge in [-0.1, -0.05) is 23.8 Å². The molecule has 1 aromatic rings. The second kappa shape index (κ2) is 9.29. The van der Waals surface area contributed by atoms with Gasteiger partial charge in [0.05, 0.1) is 12.2 Å². The second-order valence-corrected chi connectivity index (χ2v) is 9.60.